The first kappa shape index (κ1) is 21.1. The van der Waals surface area contributed by atoms with Crippen molar-refractivity contribution in [3.8, 4) is 11.5 Å². The average molecular weight is 456 g/mol. The number of piperazine rings is 1. The Morgan fingerprint density at radius 3 is 2.73 bits per heavy atom. The van der Waals surface area contributed by atoms with Gasteiger partial charge in [-0.05, 0) is 38.4 Å². The summed E-state index contributed by atoms with van der Waals surface area (Å²) in [6, 6.07) is 2.83. The number of sulfonamides is 1. The molecule has 2 N–H and O–H groups in total. The van der Waals surface area contributed by atoms with Crippen molar-refractivity contribution < 1.29 is 18.3 Å². The Morgan fingerprint density at radius 1 is 1.23 bits per heavy atom. The monoisotopic (exact) mass is 455 g/mol. The third-order valence-corrected chi connectivity index (χ3v) is 8.01. The maximum atomic E-state index is 13.3. The van der Waals surface area contributed by atoms with Gasteiger partial charge in [0.2, 0.25) is 10.0 Å². The van der Waals surface area contributed by atoms with Gasteiger partial charge in [-0.25, -0.2) is 8.42 Å². The van der Waals surface area contributed by atoms with Gasteiger partial charge in [-0.1, -0.05) is 11.6 Å². The summed E-state index contributed by atoms with van der Waals surface area (Å²) in [5.41, 5.74) is -1.74. The van der Waals surface area contributed by atoms with Gasteiger partial charge in [-0.3, -0.25) is 14.5 Å². The summed E-state index contributed by atoms with van der Waals surface area (Å²) < 4.78 is 33.1. The molecular formula is C19H22ClN3O6S. The molecule has 2 aromatic carbocycles. The van der Waals surface area contributed by atoms with Gasteiger partial charge in [0.15, 0.2) is 11.5 Å². The average Bonchev–Trinajstić information content (AvgIpc) is 3.19. The molecule has 0 saturated carbocycles. The highest BCUT2D eigenvalue weighted by molar-refractivity contribution is 7.89. The van der Waals surface area contributed by atoms with Gasteiger partial charge < -0.3 is 15.2 Å². The highest BCUT2D eigenvalue weighted by Gasteiger charge is 2.38. The molecule has 1 atom stereocenters. The molecule has 0 spiro atoms. The molecule has 2 saturated heterocycles. The number of ether oxygens (including phenoxy) is 1. The van der Waals surface area contributed by atoms with Crippen LogP contribution in [0.2, 0.25) is 5.02 Å². The molecule has 30 heavy (non-hydrogen) atoms. The number of fused-ring (bicyclic) bond motifs is 1. The third-order valence-electron chi connectivity index (χ3n) is 5.65. The van der Waals surface area contributed by atoms with E-state index in [1.165, 1.54) is 16.4 Å². The molecule has 1 unspecified atom stereocenters. The maximum Gasteiger partial charge on any atom is 0.272 e. The van der Waals surface area contributed by atoms with Crippen LogP contribution in [0.1, 0.15) is 19.8 Å². The van der Waals surface area contributed by atoms with E-state index in [1.807, 2.05) is 0 Å². The summed E-state index contributed by atoms with van der Waals surface area (Å²) >= 11 is 6.17. The van der Waals surface area contributed by atoms with Crippen LogP contribution in [0.3, 0.4) is 0 Å². The molecule has 0 radical (unpaired) electrons. The number of phenolic OH excluding ortho intramolecular Hbond substituents is 1. The Balaban J connectivity index is 1.67. The molecular weight excluding hydrogens is 434 g/mol. The first-order chi connectivity index (χ1) is 14.3. The van der Waals surface area contributed by atoms with Gasteiger partial charge in [-0.15, -0.1) is 0 Å². The lowest BCUT2D eigenvalue weighted by atomic mass is 10.2. The second-order valence-electron chi connectivity index (χ2n) is 7.39. The second kappa shape index (κ2) is 7.84. The normalized spacial score (nSPS) is 20.4. The van der Waals surface area contributed by atoms with Crippen LogP contribution in [0.25, 0.3) is 0 Å². The minimum Gasteiger partial charge on any atom is -0.504 e. The standard InChI is InChI=1S/C19H22ClN3O6S/c1-2-29-18-14(16(25)17(18)26)21-13-6-5-12(20)19(15(13)24)30(27,28)23-9-8-22-7-3-4-11(22)10-23/h5-6,11,21,24H,2-4,7-10H2,1H3. The number of anilines is 2. The number of halogens is 1. The van der Waals surface area contributed by atoms with Crippen LogP contribution in [0.5, 0.6) is 11.5 Å². The zero-order valence-corrected chi connectivity index (χ0v) is 17.9. The lowest BCUT2D eigenvalue weighted by Gasteiger charge is -2.36. The summed E-state index contributed by atoms with van der Waals surface area (Å²) in [5, 5.41) is 13.2. The SMILES string of the molecule is CCOc1c(Nc2ccc(Cl)c(S(=O)(=O)N3CCN4CCCC4C3)c2O)c(=O)c1=O. The lowest BCUT2D eigenvalue weighted by Crippen LogP contribution is -2.51. The van der Waals surface area contributed by atoms with E-state index in [-0.39, 0.29) is 34.8 Å². The molecule has 0 bridgehead atoms. The fourth-order valence-electron chi connectivity index (χ4n) is 4.10. The van der Waals surface area contributed by atoms with Crippen molar-refractivity contribution in [2.75, 3.05) is 38.1 Å². The molecule has 0 aliphatic carbocycles. The van der Waals surface area contributed by atoms with E-state index < -0.39 is 31.5 Å². The molecule has 2 aliphatic heterocycles. The fourth-order valence-corrected chi connectivity index (χ4v) is 6.17. The molecule has 2 heterocycles. The van der Waals surface area contributed by atoms with E-state index in [1.54, 1.807) is 6.92 Å². The van der Waals surface area contributed by atoms with Gasteiger partial charge >= 0.3 is 0 Å². The first-order valence-corrected chi connectivity index (χ1v) is 11.6. The summed E-state index contributed by atoms with van der Waals surface area (Å²) in [6.07, 6.45) is 1.96. The Labute approximate surface area is 178 Å². The Morgan fingerprint density at radius 2 is 2.00 bits per heavy atom. The highest BCUT2D eigenvalue weighted by atomic mass is 35.5. The number of hydrogen-bond acceptors (Lipinski definition) is 8. The first-order valence-electron chi connectivity index (χ1n) is 9.74. The van der Waals surface area contributed by atoms with Crippen molar-refractivity contribution in [1.82, 2.24) is 9.21 Å². The van der Waals surface area contributed by atoms with Gasteiger partial charge in [0, 0.05) is 25.7 Å². The minimum atomic E-state index is -4.07. The van der Waals surface area contributed by atoms with Crippen LogP contribution in [0, 0.1) is 0 Å². The number of phenols is 1. The third kappa shape index (κ3) is 3.37. The van der Waals surface area contributed by atoms with Crippen molar-refractivity contribution in [1.29, 1.82) is 0 Å². The van der Waals surface area contributed by atoms with Crippen LogP contribution in [0.4, 0.5) is 11.4 Å². The molecule has 2 aliphatic rings. The molecule has 2 aromatic rings. The van der Waals surface area contributed by atoms with Crippen LogP contribution in [0.15, 0.2) is 26.6 Å². The predicted molar refractivity (Wildman–Crippen MR) is 112 cm³/mol. The Bertz CT molecular complexity index is 1160. The molecule has 4 rings (SSSR count). The fraction of sp³-hybridized carbons (Fsp3) is 0.474. The number of nitrogens with one attached hydrogen (secondary N) is 1. The minimum absolute atomic E-state index is 0.0504. The van der Waals surface area contributed by atoms with Gasteiger partial charge in [0.1, 0.15) is 10.6 Å². The Kier molecular flexibility index (Phi) is 5.52. The van der Waals surface area contributed by atoms with Crippen molar-refractivity contribution in [3.05, 3.63) is 37.6 Å². The molecule has 162 valence electrons. The second-order valence-corrected chi connectivity index (χ2v) is 9.67. The largest absolute Gasteiger partial charge is 0.504 e. The summed E-state index contributed by atoms with van der Waals surface area (Å²) in [5.74, 6) is -0.745. The quantitative estimate of drug-likeness (QED) is 0.494. The summed E-state index contributed by atoms with van der Waals surface area (Å²) in [7, 11) is -4.07. The summed E-state index contributed by atoms with van der Waals surface area (Å²) in [4.78, 5) is 25.4. The van der Waals surface area contributed by atoms with Crippen LogP contribution in [-0.4, -0.2) is 61.6 Å². The van der Waals surface area contributed by atoms with Gasteiger partial charge in [-0.2, -0.15) is 4.31 Å². The molecule has 11 heteroatoms. The Hall–Kier alpha value is -2.14. The van der Waals surface area contributed by atoms with E-state index >= 15 is 0 Å². The summed E-state index contributed by atoms with van der Waals surface area (Å²) in [6.45, 7) is 4.07. The number of hydrogen-bond donors (Lipinski definition) is 2. The van der Waals surface area contributed by atoms with Gasteiger partial charge in [0.25, 0.3) is 10.9 Å². The number of benzene rings is 1. The smallest absolute Gasteiger partial charge is 0.272 e. The van der Waals surface area contributed by atoms with Crippen molar-refractivity contribution in [2.45, 2.75) is 30.7 Å². The lowest BCUT2D eigenvalue weighted by molar-refractivity contribution is 0.158. The maximum absolute atomic E-state index is 13.3. The van der Waals surface area contributed by atoms with E-state index in [0.717, 1.165) is 19.4 Å². The van der Waals surface area contributed by atoms with E-state index in [4.69, 9.17) is 16.3 Å². The van der Waals surface area contributed by atoms with E-state index in [9.17, 15) is 23.1 Å². The molecule has 0 aromatic heterocycles. The van der Waals surface area contributed by atoms with Crippen molar-refractivity contribution in [3.63, 3.8) is 0 Å². The highest BCUT2D eigenvalue weighted by Crippen LogP contribution is 2.41. The molecule has 9 nitrogen and oxygen atoms in total. The number of aromatic hydroxyl groups is 1. The van der Waals surface area contributed by atoms with Crippen molar-refractivity contribution in [2.24, 2.45) is 0 Å². The molecule has 0 amide bonds. The van der Waals surface area contributed by atoms with E-state index in [2.05, 4.69) is 10.2 Å². The topological polar surface area (TPSA) is 116 Å². The van der Waals surface area contributed by atoms with Crippen LogP contribution >= 0.6 is 11.6 Å². The van der Waals surface area contributed by atoms with Crippen LogP contribution in [-0.2, 0) is 10.0 Å². The number of nitrogens with zero attached hydrogens (tertiary/aromatic N) is 2. The van der Waals surface area contributed by atoms with Crippen LogP contribution < -0.4 is 20.9 Å². The zero-order chi connectivity index (χ0) is 21.6. The van der Waals surface area contributed by atoms with Crippen molar-refractivity contribution >= 4 is 33.0 Å². The zero-order valence-electron chi connectivity index (χ0n) is 16.4. The molecule has 2 fully saturated rings. The number of rotatable bonds is 6. The predicted octanol–water partition coefficient (Wildman–Crippen LogP) is 1.25. The van der Waals surface area contributed by atoms with Gasteiger partial charge in [0.05, 0.1) is 17.3 Å². The van der Waals surface area contributed by atoms with E-state index in [0.29, 0.717) is 19.6 Å².